The number of aromatic nitrogens is 2. The number of rotatable bonds is 15. The molecule has 9 unspecified atom stereocenters. The largest absolute Gasteiger partial charge is 0.463 e. The number of anilines is 2. The Balaban J connectivity index is 1.14. The Kier molecular flexibility index (Phi) is 16.4. The van der Waals surface area contributed by atoms with Crippen molar-refractivity contribution in [2.45, 2.75) is 95.7 Å². The molecule has 0 radical (unpaired) electrons. The predicted octanol–water partition coefficient (Wildman–Crippen LogP) is 4.99. The van der Waals surface area contributed by atoms with Crippen molar-refractivity contribution < 1.29 is 57.4 Å². The van der Waals surface area contributed by atoms with E-state index < -0.39 is 66.8 Å². The SMILES string of the molecule is CC(=O)OCC1OC(CC(=S)Nc2cccc(C3OC(CN4CCN(c5ncccn5)CC4)C(c4ccccc4)C(c4ccc(CO)cc4)O3)c2)C(OC(C)=O)C(OC(C)=O)C1OC(C)=O. The molecule has 1 aromatic heterocycles. The molecule has 350 valence electrons. The van der Waals surface area contributed by atoms with Gasteiger partial charge in [0.2, 0.25) is 5.95 Å². The quantitative estimate of drug-likeness (QED) is 0.0919. The maximum absolute atomic E-state index is 12.4. The van der Waals surface area contributed by atoms with Crippen molar-refractivity contribution in [2.24, 2.45) is 0 Å². The van der Waals surface area contributed by atoms with Gasteiger partial charge >= 0.3 is 23.9 Å². The van der Waals surface area contributed by atoms with Gasteiger partial charge in [0.25, 0.3) is 0 Å². The molecule has 2 N–H and O–H groups in total. The molecule has 17 nitrogen and oxygen atoms in total. The van der Waals surface area contributed by atoms with Crippen LogP contribution in [0, 0.1) is 0 Å². The molecule has 0 bridgehead atoms. The third-order valence-electron chi connectivity index (χ3n) is 11.5. The molecule has 3 saturated heterocycles. The van der Waals surface area contributed by atoms with Crippen molar-refractivity contribution in [2.75, 3.05) is 49.5 Å². The summed E-state index contributed by atoms with van der Waals surface area (Å²) in [5, 5.41) is 13.1. The van der Waals surface area contributed by atoms with Gasteiger partial charge < -0.3 is 48.5 Å². The number of aliphatic hydroxyl groups excluding tert-OH is 1. The Labute approximate surface area is 388 Å². The molecule has 3 fully saturated rings. The number of nitrogens with one attached hydrogen (secondary N) is 1. The summed E-state index contributed by atoms with van der Waals surface area (Å²) in [6.45, 7) is 7.97. The second kappa shape index (κ2) is 22.5. The molecule has 3 aliphatic rings. The van der Waals surface area contributed by atoms with E-state index in [1.165, 1.54) is 27.7 Å². The molecule has 4 heterocycles. The lowest BCUT2D eigenvalue weighted by molar-refractivity contribution is -0.263. The highest BCUT2D eigenvalue weighted by Gasteiger charge is 2.52. The van der Waals surface area contributed by atoms with E-state index >= 15 is 0 Å². The minimum absolute atomic E-state index is 0.0501. The molecule has 3 aromatic carbocycles. The second-order valence-corrected chi connectivity index (χ2v) is 16.8. The van der Waals surface area contributed by atoms with E-state index in [2.05, 4.69) is 37.2 Å². The van der Waals surface area contributed by atoms with Gasteiger partial charge in [-0.05, 0) is 34.9 Å². The Morgan fingerprint density at radius 3 is 1.97 bits per heavy atom. The Morgan fingerprint density at radius 2 is 1.33 bits per heavy atom. The minimum atomic E-state index is -1.32. The fraction of sp³-hybridized carbons (Fsp3) is 0.438. The summed E-state index contributed by atoms with van der Waals surface area (Å²) in [7, 11) is 0. The number of benzene rings is 3. The van der Waals surface area contributed by atoms with E-state index in [-0.39, 0.29) is 36.6 Å². The number of piperazine rings is 1. The van der Waals surface area contributed by atoms with Crippen LogP contribution < -0.4 is 10.2 Å². The van der Waals surface area contributed by atoms with Crippen LogP contribution in [-0.2, 0) is 58.9 Å². The highest BCUT2D eigenvalue weighted by Crippen LogP contribution is 2.47. The summed E-state index contributed by atoms with van der Waals surface area (Å²) >= 11 is 5.87. The van der Waals surface area contributed by atoms with Gasteiger partial charge in [-0.1, -0.05) is 78.9 Å². The lowest BCUT2D eigenvalue weighted by Crippen LogP contribution is -2.62. The lowest BCUT2D eigenvalue weighted by atomic mass is 9.83. The number of hydrogen-bond donors (Lipinski definition) is 2. The van der Waals surface area contributed by atoms with Crippen LogP contribution in [0.5, 0.6) is 0 Å². The molecular formula is C48H55N5O12S. The van der Waals surface area contributed by atoms with Crippen LogP contribution >= 0.6 is 12.2 Å². The average Bonchev–Trinajstić information content (AvgIpc) is 3.30. The Bertz CT molecular complexity index is 2280. The summed E-state index contributed by atoms with van der Waals surface area (Å²) in [5.41, 5.74) is 4.10. The fourth-order valence-corrected chi connectivity index (χ4v) is 8.93. The number of hydrogen-bond acceptors (Lipinski definition) is 17. The van der Waals surface area contributed by atoms with Crippen LogP contribution in [-0.4, -0.2) is 125 Å². The third-order valence-corrected chi connectivity index (χ3v) is 11.8. The Hall–Kier alpha value is -5.89. The number of ether oxygens (including phenoxy) is 7. The summed E-state index contributed by atoms with van der Waals surface area (Å²) in [6.07, 6.45) is -4.12. The van der Waals surface area contributed by atoms with Crippen LogP contribution in [0.4, 0.5) is 11.6 Å². The number of esters is 4. The standard InChI is InChI=1S/C48H55N5O12S/c1-29(55)59-28-40-45(61-31(3)57)46(62-32(4)58)44(60-30(2)56)38(63-40)25-41(66)51-37-13-8-12-36(24-37)47-64-39(26-52-20-22-53(23-21-52)48-49-18-9-19-50-48)42(34-10-6-5-7-11-34)43(65-47)35-16-14-33(27-54)15-17-35/h5-19,24,38-40,42-47,54H,20-23,25-28H2,1-4H3,(H,51,66). The topological polar surface area (TPSA) is 197 Å². The molecule has 3 aliphatic heterocycles. The van der Waals surface area contributed by atoms with Gasteiger partial charge in [-0.2, -0.15) is 0 Å². The van der Waals surface area contributed by atoms with E-state index in [1.807, 2.05) is 72.8 Å². The molecule has 0 amide bonds. The van der Waals surface area contributed by atoms with Crippen molar-refractivity contribution >= 4 is 52.7 Å². The second-order valence-electron chi connectivity index (χ2n) is 16.4. The molecule has 18 heteroatoms. The minimum Gasteiger partial charge on any atom is -0.463 e. The smallest absolute Gasteiger partial charge is 0.303 e. The van der Waals surface area contributed by atoms with Gasteiger partial charge in [0.15, 0.2) is 24.6 Å². The van der Waals surface area contributed by atoms with E-state index in [0.29, 0.717) is 18.2 Å². The normalized spacial score (nSPS) is 25.5. The third kappa shape index (κ3) is 12.5. The molecule has 9 atom stereocenters. The molecule has 66 heavy (non-hydrogen) atoms. The number of aliphatic hydroxyl groups is 1. The first-order chi connectivity index (χ1) is 31.8. The van der Waals surface area contributed by atoms with E-state index in [0.717, 1.165) is 48.4 Å². The summed E-state index contributed by atoms with van der Waals surface area (Å²) in [5.74, 6) is -2.26. The first-order valence-electron chi connectivity index (χ1n) is 21.8. The molecular weight excluding hydrogens is 871 g/mol. The van der Waals surface area contributed by atoms with Gasteiger partial charge in [-0.25, -0.2) is 9.97 Å². The molecule has 0 spiro atoms. The van der Waals surface area contributed by atoms with Crippen molar-refractivity contribution in [1.82, 2.24) is 14.9 Å². The highest BCUT2D eigenvalue weighted by molar-refractivity contribution is 7.80. The first kappa shape index (κ1) is 48.1. The zero-order chi connectivity index (χ0) is 46.7. The number of thiocarbonyl (C=S) groups is 1. The summed E-state index contributed by atoms with van der Waals surface area (Å²) in [4.78, 5) is 62.6. The van der Waals surface area contributed by atoms with Crippen LogP contribution in [0.15, 0.2) is 97.3 Å². The van der Waals surface area contributed by atoms with E-state index in [9.17, 15) is 24.3 Å². The first-order valence-corrected chi connectivity index (χ1v) is 22.3. The van der Waals surface area contributed by atoms with Gasteiger partial charge in [-0.15, -0.1) is 0 Å². The number of nitrogens with zero attached hydrogens (tertiary/aromatic N) is 4. The lowest BCUT2D eigenvalue weighted by Gasteiger charge is -2.45. The molecule has 4 aromatic rings. The van der Waals surface area contributed by atoms with Crippen LogP contribution in [0.1, 0.15) is 74.7 Å². The maximum Gasteiger partial charge on any atom is 0.303 e. The van der Waals surface area contributed by atoms with Gasteiger partial charge in [0.05, 0.1) is 23.8 Å². The number of carbonyl (C=O) groups excluding carboxylic acids is 4. The van der Waals surface area contributed by atoms with Gasteiger partial charge in [-0.3, -0.25) is 24.1 Å². The van der Waals surface area contributed by atoms with Crippen molar-refractivity contribution in [1.29, 1.82) is 0 Å². The predicted molar refractivity (Wildman–Crippen MR) is 243 cm³/mol. The van der Waals surface area contributed by atoms with Gasteiger partial charge in [0, 0.05) is 96.4 Å². The van der Waals surface area contributed by atoms with Crippen LogP contribution in [0.25, 0.3) is 0 Å². The molecule has 7 rings (SSSR count). The van der Waals surface area contributed by atoms with Gasteiger partial charge in [0.1, 0.15) is 18.8 Å². The van der Waals surface area contributed by atoms with E-state index in [1.54, 1.807) is 12.4 Å². The fourth-order valence-electron chi connectivity index (χ4n) is 8.64. The average molecular weight is 926 g/mol. The van der Waals surface area contributed by atoms with Crippen LogP contribution in [0.2, 0.25) is 0 Å². The van der Waals surface area contributed by atoms with Crippen molar-refractivity contribution in [3.63, 3.8) is 0 Å². The maximum atomic E-state index is 12.4. The van der Waals surface area contributed by atoms with E-state index in [4.69, 9.17) is 45.4 Å². The molecule has 0 saturated carbocycles. The highest BCUT2D eigenvalue weighted by atomic mass is 32.1. The summed E-state index contributed by atoms with van der Waals surface area (Å²) in [6, 6.07) is 27.3. The van der Waals surface area contributed by atoms with Crippen LogP contribution in [0.3, 0.4) is 0 Å². The zero-order valence-corrected chi connectivity index (χ0v) is 38.0. The Morgan fingerprint density at radius 1 is 0.697 bits per heavy atom. The summed E-state index contributed by atoms with van der Waals surface area (Å²) < 4.78 is 42.3. The van der Waals surface area contributed by atoms with Crippen molar-refractivity contribution in [3.05, 3.63) is 120 Å². The zero-order valence-electron chi connectivity index (χ0n) is 37.2. The monoisotopic (exact) mass is 925 g/mol. The van der Waals surface area contributed by atoms with Crippen molar-refractivity contribution in [3.8, 4) is 0 Å². The molecule has 0 aliphatic carbocycles. The number of carbonyl (C=O) groups is 4.